The van der Waals surface area contributed by atoms with Crippen molar-refractivity contribution in [3.63, 3.8) is 0 Å². The Morgan fingerprint density at radius 1 is 1.13 bits per heavy atom. The van der Waals surface area contributed by atoms with E-state index in [1.54, 1.807) is 6.20 Å². The van der Waals surface area contributed by atoms with Crippen LogP contribution in [0.5, 0.6) is 0 Å². The van der Waals surface area contributed by atoms with Gasteiger partial charge in [0.15, 0.2) is 5.69 Å². The Morgan fingerprint density at radius 3 is 2.55 bits per heavy atom. The minimum absolute atomic E-state index is 0. The predicted molar refractivity (Wildman–Crippen MR) is 127 cm³/mol. The lowest BCUT2D eigenvalue weighted by Gasteiger charge is -2.30. The number of rotatable bonds is 6. The standard InChI is InChI=1S/C22H32N6O.2ClH/c1-17-3-2-12-27(14-17)15-19-6-4-18(5-7-19)13-24-22(29)21-16-28(26-25-21)20-8-10-23-11-9-20;;/h4-7,16-17,20,23H,2-3,8-15H2,1H3,(H,24,29);2*1H. The smallest absolute Gasteiger partial charge is 0.273 e. The van der Waals surface area contributed by atoms with Crippen molar-refractivity contribution in [1.29, 1.82) is 0 Å². The lowest BCUT2D eigenvalue weighted by Crippen LogP contribution is -2.33. The zero-order valence-electron chi connectivity index (χ0n) is 18.1. The molecule has 2 fully saturated rings. The van der Waals surface area contributed by atoms with Crippen LogP contribution in [0.3, 0.4) is 0 Å². The Hall–Kier alpha value is -1.67. The third-order valence-electron chi connectivity index (χ3n) is 6.05. The summed E-state index contributed by atoms with van der Waals surface area (Å²) in [4.78, 5) is 15.0. The van der Waals surface area contributed by atoms with Crippen molar-refractivity contribution >= 4 is 30.7 Å². The van der Waals surface area contributed by atoms with E-state index in [9.17, 15) is 4.79 Å². The monoisotopic (exact) mass is 468 g/mol. The Kier molecular flexibility index (Phi) is 10.2. The molecule has 2 aliphatic rings. The van der Waals surface area contributed by atoms with E-state index in [2.05, 4.69) is 57.0 Å². The zero-order valence-corrected chi connectivity index (χ0v) is 19.8. The maximum absolute atomic E-state index is 12.4. The Morgan fingerprint density at radius 2 is 1.84 bits per heavy atom. The van der Waals surface area contributed by atoms with Crippen molar-refractivity contribution in [3.05, 3.63) is 47.3 Å². The molecule has 31 heavy (non-hydrogen) atoms. The predicted octanol–water partition coefficient (Wildman–Crippen LogP) is 3.21. The normalized spacial score (nSPS) is 19.8. The van der Waals surface area contributed by atoms with Crippen LogP contribution in [0.15, 0.2) is 30.5 Å². The first kappa shape index (κ1) is 25.6. The highest BCUT2D eigenvalue weighted by atomic mass is 35.5. The number of piperidine rings is 2. The first-order valence-electron chi connectivity index (χ1n) is 10.9. The zero-order chi connectivity index (χ0) is 20.1. The topological polar surface area (TPSA) is 75.1 Å². The van der Waals surface area contributed by atoms with Gasteiger partial charge in [0.1, 0.15) is 0 Å². The number of nitrogens with one attached hydrogen (secondary N) is 2. The van der Waals surface area contributed by atoms with Gasteiger partial charge < -0.3 is 10.6 Å². The van der Waals surface area contributed by atoms with Crippen molar-refractivity contribution in [2.75, 3.05) is 26.2 Å². The van der Waals surface area contributed by atoms with Crippen molar-refractivity contribution < 1.29 is 4.79 Å². The largest absolute Gasteiger partial charge is 0.347 e. The molecule has 172 valence electrons. The van der Waals surface area contributed by atoms with Crippen molar-refractivity contribution in [2.24, 2.45) is 5.92 Å². The summed E-state index contributed by atoms with van der Waals surface area (Å²) in [5, 5.41) is 14.5. The summed E-state index contributed by atoms with van der Waals surface area (Å²) < 4.78 is 1.84. The van der Waals surface area contributed by atoms with Gasteiger partial charge in [-0.05, 0) is 62.4 Å². The summed E-state index contributed by atoms with van der Waals surface area (Å²) >= 11 is 0. The highest BCUT2D eigenvalue weighted by Gasteiger charge is 2.19. The molecule has 0 spiro atoms. The Labute approximate surface area is 197 Å². The first-order valence-corrected chi connectivity index (χ1v) is 10.9. The van der Waals surface area contributed by atoms with E-state index in [0.29, 0.717) is 18.3 Å². The van der Waals surface area contributed by atoms with Gasteiger partial charge in [-0.2, -0.15) is 0 Å². The van der Waals surface area contributed by atoms with Crippen molar-refractivity contribution in [1.82, 2.24) is 30.5 Å². The molecule has 1 aromatic heterocycles. The number of hydrogen-bond donors (Lipinski definition) is 2. The fourth-order valence-corrected chi connectivity index (χ4v) is 4.35. The van der Waals surface area contributed by atoms with Crippen LogP contribution in [0.4, 0.5) is 0 Å². The van der Waals surface area contributed by atoms with Gasteiger partial charge in [0, 0.05) is 19.6 Å². The summed E-state index contributed by atoms with van der Waals surface area (Å²) in [6.45, 7) is 8.20. The van der Waals surface area contributed by atoms with Crippen LogP contribution in [0.25, 0.3) is 0 Å². The molecule has 2 aliphatic heterocycles. The van der Waals surface area contributed by atoms with Gasteiger partial charge in [-0.1, -0.05) is 36.4 Å². The van der Waals surface area contributed by atoms with Gasteiger partial charge in [-0.15, -0.1) is 29.9 Å². The minimum atomic E-state index is -0.170. The van der Waals surface area contributed by atoms with Gasteiger partial charge in [0.05, 0.1) is 12.2 Å². The number of nitrogens with zero attached hydrogens (tertiary/aromatic N) is 4. The molecule has 0 aliphatic carbocycles. The summed E-state index contributed by atoms with van der Waals surface area (Å²) in [6, 6.07) is 8.90. The molecule has 0 bridgehead atoms. The molecule has 1 amide bonds. The lowest BCUT2D eigenvalue weighted by molar-refractivity contribution is 0.0946. The molecule has 1 unspecified atom stereocenters. The van der Waals surface area contributed by atoms with E-state index < -0.39 is 0 Å². The van der Waals surface area contributed by atoms with E-state index in [4.69, 9.17) is 0 Å². The molecule has 2 N–H and O–H groups in total. The summed E-state index contributed by atoms with van der Waals surface area (Å²) in [5.41, 5.74) is 2.82. The van der Waals surface area contributed by atoms with Gasteiger partial charge >= 0.3 is 0 Å². The molecule has 3 heterocycles. The van der Waals surface area contributed by atoms with Gasteiger partial charge in [-0.3, -0.25) is 9.69 Å². The number of hydrogen-bond acceptors (Lipinski definition) is 5. The van der Waals surface area contributed by atoms with Crippen LogP contribution >= 0.6 is 24.8 Å². The number of carbonyl (C=O) groups is 1. The summed E-state index contributed by atoms with van der Waals surface area (Å²) in [6.07, 6.45) is 6.46. The van der Waals surface area contributed by atoms with Gasteiger partial charge in [0.2, 0.25) is 0 Å². The van der Waals surface area contributed by atoms with E-state index in [-0.39, 0.29) is 30.7 Å². The maximum atomic E-state index is 12.4. The third kappa shape index (κ3) is 7.17. The van der Waals surface area contributed by atoms with Crippen molar-refractivity contribution in [3.8, 4) is 0 Å². The molecule has 4 rings (SSSR count). The van der Waals surface area contributed by atoms with E-state index >= 15 is 0 Å². The van der Waals surface area contributed by atoms with Crippen molar-refractivity contribution in [2.45, 2.75) is 51.7 Å². The molecule has 2 aromatic rings. The first-order chi connectivity index (χ1) is 14.2. The van der Waals surface area contributed by atoms with Crippen LogP contribution < -0.4 is 10.6 Å². The number of likely N-dealkylation sites (tertiary alicyclic amines) is 1. The van der Waals surface area contributed by atoms with E-state index in [1.165, 1.54) is 31.5 Å². The molecule has 7 nitrogen and oxygen atoms in total. The van der Waals surface area contributed by atoms with Crippen LogP contribution in [-0.4, -0.2) is 52.0 Å². The Bertz CT molecular complexity index is 807. The van der Waals surface area contributed by atoms with Crippen LogP contribution in [0.1, 0.15) is 60.3 Å². The second-order valence-corrected chi connectivity index (χ2v) is 8.55. The number of aromatic nitrogens is 3. The molecule has 2 saturated heterocycles. The number of halogens is 2. The fourth-order valence-electron chi connectivity index (χ4n) is 4.35. The quantitative estimate of drug-likeness (QED) is 0.680. The molecule has 0 saturated carbocycles. The van der Waals surface area contributed by atoms with Gasteiger partial charge in [-0.25, -0.2) is 4.68 Å². The lowest BCUT2D eigenvalue weighted by atomic mass is 9.99. The molecule has 9 heteroatoms. The second kappa shape index (κ2) is 12.4. The molecule has 1 atom stereocenters. The van der Waals surface area contributed by atoms with E-state index in [1.807, 2.05) is 4.68 Å². The fraction of sp³-hybridized carbons (Fsp3) is 0.591. The molecule has 0 radical (unpaired) electrons. The molecule has 1 aromatic carbocycles. The average molecular weight is 469 g/mol. The molecular formula is C22H34Cl2N6O. The highest BCUT2D eigenvalue weighted by molar-refractivity contribution is 5.91. The third-order valence-corrected chi connectivity index (χ3v) is 6.05. The number of carbonyl (C=O) groups excluding carboxylic acids is 1. The van der Waals surface area contributed by atoms with E-state index in [0.717, 1.165) is 44.0 Å². The summed E-state index contributed by atoms with van der Waals surface area (Å²) in [5.74, 6) is 0.627. The van der Waals surface area contributed by atoms with Gasteiger partial charge in [0.25, 0.3) is 5.91 Å². The minimum Gasteiger partial charge on any atom is -0.347 e. The number of benzene rings is 1. The summed E-state index contributed by atoms with van der Waals surface area (Å²) in [7, 11) is 0. The van der Waals surface area contributed by atoms with Crippen LogP contribution in [-0.2, 0) is 13.1 Å². The molecular weight excluding hydrogens is 435 g/mol. The average Bonchev–Trinajstić information content (AvgIpc) is 3.24. The Balaban J connectivity index is 0.00000171. The highest BCUT2D eigenvalue weighted by Crippen LogP contribution is 2.19. The maximum Gasteiger partial charge on any atom is 0.273 e. The van der Waals surface area contributed by atoms with Crippen LogP contribution in [0, 0.1) is 5.92 Å². The van der Waals surface area contributed by atoms with Crippen LogP contribution in [0.2, 0.25) is 0 Å². The number of amides is 1. The second-order valence-electron chi connectivity index (χ2n) is 8.55. The SMILES string of the molecule is CC1CCCN(Cc2ccc(CNC(=O)c3cn(C4CCNCC4)nn3)cc2)C1.Cl.Cl.